The van der Waals surface area contributed by atoms with E-state index >= 15 is 0 Å². The van der Waals surface area contributed by atoms with E-state index in [1.165, 1.54) is 72.8 Å². The van der Waals surface area contributed by atoms with Crippen LogP contribution in [0.3, 0.4) is 0 Å². The lowest BCUT2D eigenvalue weighted by Crippen LogP contribution is -2.29. The third-order valence-corrected chi connectivity index (χ3v) is 9.12. The maximum Gasteiger partial charge on any atom is 0.300 e. The standard InChI is InChI=1S/C27H20ClN5O7S2/c1-2-21-29-30-27(41-21)31-42(39,40)20-13-11-18(12-14-20)32-23(15-5-9-19(10-6-15)33(37)38)22(25(35)26(32)36)24(34)16-3-7-17(28)8-4-16/h3-14,23,34H,2H2,1H3,(H,30,31)/b24-22-. The molecule has 42 heavy (non-hydrogen) atoms. The molecule has 0 saturated carbocycles. The molecule has 2 N–H and O–H groups in total. The van der Waals surface area contributed by atoms with Gasteiger partial charge in [-0.15, -0.1) is 10.2 Å². The first-order valence-electron chi connectivity index (χ1n) is 12.3. The monoisotopic (exact) mass is 625 g/mol. The number of hydrogen-bond acceptors (Lipinski definition) is 10. The second kappa shape index (κ2) is 11.3. The van der Waals surface area contributed by atoms with Gasteiger partial charge >= 0.3 is 0 Å². The smallest absolute Gasteiger partial charge is 0.300 e. The van der Waals surface area contributed by atoms with E-state index in [2.05, 4.69) is 14.9 Å². The summed E-state index contributed by atoms with van der Waals surface area (Å²) in [6.07, 6.45) is 0.594. The van der Waals surface area contributed by atoms with E-state index in [1.54, 1.807) is 0 Å². The number of amides is 1. The van der Waals surface area contributed by atoms with Crippen LogP contribution < -0.4 is 9.62 Å². The third-order valence-electron chi connectivity index (χ3n) is 6.40. The summed E-state index contributed by atoms with van der Waals surface area (Å²) in [7, 11) is -4.05. The van der Waals surface area contributed by atoms with E-state index in [1.807, 2.05) is 6.92 Å². The maximum absolute atomic E-state index is 13.4. The minimum absolute atomic E-state index is 0.0990. The molecule has 0 bridgehead atoms. The van der Waals surface area contributed by atoms with Crippen LogP contribution in [0.5, 0.6) is 0 Å². The SMILES string of the molecule is CCc1nnc(NS(=O)(=O)c2ccc(N3C(=O)C(=O)/C(=C(\O)c4ccc(Cl)cc4)C3c3ccc([N+](=O)[O-])cc3)cc2)s1. The molecule has 15 heteroatoms. The lowest BCUT2D eigenvalue weighted by atomic mass is 9.95. The number of nitrogens with zero attached hydrogens (tertiary/aromatic N) is 4. The number of aryl methyl sites for hydroxylation is 1. The number of benzene rings is 3. The molecule has 3 aromatic carbocycles. The summed E-state index contributed by atoms with van der Waals surface area (Å²) in [5, 5.41) is 31.3. The summed E-state index contributed by atoms with van der Waals surface area (Å²) in [6.45, 7) is 1.86. The summed E-state index contributed by atoms with van der Waals surface area (Å²) in [6, 6.07) is 15.2. The quantitative estimate of drug-likeness (QED) is 0.0889. The lowest BCUT2D eigenvalue weighted by molar-refractivity contribution is -0.384. The number of nitrogens with one attached hydrogen (secondary N) is 1. The number of rotatable bonds is 8. The van der Waals surface area contributed by atoms with E-state index in [-0.39, 0.29) is 32.5 Å². The molecular formula is C27H20ClN5O7S2. The first kappa shape index (κ1) is 28.9. The summed E-state index contributed by atoms with van der Waals surface area (Å²) in [4.78, 5) is 38.3. The first-order chi connectivity index (χ1) is 20.0. The van der Waals surface area contributed by atoms with Gasteiger partial charge in [-0.05, 0) is 72.6 Å². The molecule has 1 saturated heterocycles. The van der Waals surface area contributed by atoms with Crippen LogP contribution >= 0.6 is 22.9 Å². The van der Waals surface area contributed by atoms with Crippen molar-refractivity contribution in [2.45, 2.75) is 24.3 Å². The summed E-state index contributed by atoms with van der Waals surface area (Å²) < 4.78 is 28.2. The highest BCUT2D eigenvalue weighted by molar-refractivity contribution is 7.93. The van der Waals surface area contributed by atoms with Crippen LogP contribution in [0.25, 0.3) is 5.76 Å². The first-order valence-corrected chi connectivity index (χ1v) is 14.9. The van der Waals surface area contributed by atoms with Crippen LogP contribution in [0.2, 0.25) is 5.02 Å². The van der Waals surface area contributed by atoms with Gasteiger partial charge in [0.1, 0.15) is 10.8 Å². The van der Waals surface area contributed by atoms with Crippen molar-refractivity contribution in [3.05, 3.63) is 110 Å². The Morgan fingerprint density at radius 2 is 1.69 bits per heavy atom. The number of nitro groups is 1. The number of aromatic nitrogens is 2. The topological polar surface area (TPSA) is 173 Å². The van der Waals surface area contributed by atoms with Gasteiger partial charge in [0, 0.05) is 28.4 Å². The van der Waals surface area contributed by atoms with Crippen LogP contribution in [-0.2, 0) is 26.0 Å². The number of Topliss-reactive ketones (excluding diaryl/α,β-unsaturated/α-hetero) is 1. The Kier molecular flexibility index (Phi) is 7.77. The zero-order valence-corrected chi connectivity index (χ0v) is 24.0. The average molecular weight is 626 g/mol. The molecule has 1 fully saturated rings. The van der Waals surface area contributed by atoms with Gasteiger partial charge in [-0.25, -0.2) is 8.42 Å². The number of nitro benzene ring substituents is 1. The fourth-order valence-corrected chi connectivity index (χ4v) is 6.39. The Morgan fingerprint density at radius 3 is 2.26 bits per heavy atom. The molecule has 12 nitrogen and oxygen atoms in total. The van der Waals surface area contributed by atoms with Gasteiger partial charge in [0.15, 0.2) is 0 Å². The number of aliphatic hydroxyl groups excluding tert-OH is 1. The van der Waals surface area contributed by atoms with Gasteiger partial charge < -0.3 is 5.11 Å². The number of anilines is 2. The summed E-state index contributed by atoms with van der Waals surface area (Å²) >= 11 is 7.06. The number of aliphatic hydroxyl groups is 1. The Labute approximate surface area is 248 Å². The molecule has 1 aromatic heterocycles. The number of halogens is 1. The van der Waals surface area contributed by atoms with Gasteiger partial charge in [0.2, 0.25) is 5.13 Å². The van der Waals surface area contributed by atoms with Crippen molar-refractivity contribution < 1.29 is 28.0 Å². The van der Waals surface area contributed by atoms with Crippen molar-refractivity contribution >= 4 is 66.9 Å². The fraction of sp³-hybridized carbons (Fsp3) is 0.111. The highest BCUT2D eigenvalue weighted by atomic mass is 35.5. The molecular weight excluding hydrogens is 606 g/mol. The molecule has 1 aliphatic heterocycles. The molecule has 1 atom stereocenters. The second-order valence-electron chi connectivity index (χ2n) is 8.98. The number of ketones is 1. The number of carbonyl (C=O) groups is 2. The largest absolute Gasteiger partial charge is 0.507 e. The number of non-ortho nitro benzene ring substituents is 1. The molecule has 0 spiro atoms. The molecule has 214 valence electrons. The van der Waals surface area contributed by atoms with Gasteiger partial charge in [0.25, 0.3) is 27.4 Å². The number of hydrogen-bond donors (Lipinski definition) is 2. The van der Waals surface area contributed by atoms with Crippen molar-refractivity contribution in [3.8, 4) is 0 Å². The predicted molar refractivity (Wildman–Crippen MR) is 156 cm³/mol. The van der Waals surface area contributed by atoms with Gasteiger partial charge in [-0.3, -0.25) is 29.3 Å². The van der Waals surface area contributed by atoms with Crippen LogP contribution in [0.1, 0.15) is 29.1 Å². The predicted octanol–water partition coefficient (Wildman–Crippen LogP) is 5.09. The van der Waals surface area contributed by atoms with Crippen LogP contribution in [0.4, 0.5) is 16.5 Å². The number of sulfonamides is 1. The summed E-state index contributed by atoms with van der Waals surface area (Å²) in [5.74, 6) is -2.45. The third kappa shape index (κ3) is 5.46. The molecule has 0 radical (unpaired) electrons. The van der Waals surface area contributed by atoms with Crippen molar-refractivity contribution in [2.24, 2.45) is 0 Å². The van der Waals surface area contributed by atoms with E-state index < -0.39 is 38.4 Å². The highest BCUT2D eigenvalue weighted by Gasteiger charge is 2.47. The van der Waals surface area contributed by atoms with E-state index in [0.29, 0.717) is 22.0 Å². The van der Waals surface area contributed by atoms with E-state index in [0.717, 1.165) is 16.2 Å². The molecule has 0 aliphatic carbocycles. The van der Waals surface area contributed by atoms with Crippen molar-refractivity contribution in [1.82, 2.24) is 10.2 Å². The lowest BCUT2D eigenvalue weighted by Gasteiger charge is -2.25. The molecule has 2 heterocycles. The van der Waals surface area contributed by atoms with Crippen LogP contribution in [-0.4, -0.2) is 40.3 Å². The Bertz CT molecular complexity index is 1840. The minimum atomic E-state index is -4.05. The highest BCUT2D eigenvalue weighted by Crippen LogP contribution is 2.42. The van der Waals surface area contributed by atoms with Crippen molar-refractivity contribution in [3.63, 3.8) is 0 Å². The zero-order chi connectivity index (χ0) is 30.2. The molecule has 1 aliphatic rings. The van der Waals surface area contributed by atoms with Crippen LogP contribution in [0.15, 0.2) is 83.3 Å². The minimum Gasteiger partial charge on any atom is -0.507 e. The van der Waals surface area contributed by atoms with Crippen molar-refractivity contribution in [2.75, 3.05) is 9.62 Å². The second-order valence-corrected chi connectivity index (χ2v) is 12.2. The number of carbonyl (C=O) groups excluding carboxylic acids is 2. The average Bonchev–Trinajstić information content (AvgIpc) is 3.54. The van der Waals surface area contributed by atoms with Gasteiger partial charge in [-0.1, -0.05) is 29.9 Å². The molecule has 4 aromatic rings. The summed E-state index contributed by atoms with van der Waals surface area (Å²) in [5.41, 5.74) is 0.213. The van der Waals surface area contributed by atoms with Gasteiger partial charge in [-0.2, -0.15) is 0 Å². The van der Waals surface area contributed by atoms with Crippen LogP contribution in [0, 0.1) is 10.1 Å². The Balaban J connectivity index is 1.57. The molecule has 5 rings (SSSR count). The Hall–Kier alpha value is -4.66. The van der Waals surface area contributed by atoms with E-state index in [9.17, 15) is 33.2 Å². The normalized spacial score (nSPS) is 16.5. The van der Waals surface area contributed by atoms with E-state index in [4.69, 9.17) is 11.6 Å². The molecule has 1 unspecified atom stereocenters. The Morgan fingerprint density at radius 1 is 1.05 bits per heavy atom. The maximum atomic E-state index is 13.4. The zero-order valence-electron chi connectivity index (χ0n) is 21.6. The molecule has 1 amide bonds. The van der Waals surface area contributed by atoms with Crippen molar-refractivity contribution in [1.29, 1.82) is 0 Å². The van der Waals surface area contributed by atoms with Gasteiger partial charge in [0.05, 0.1) is 21.4 Å². The fourth-order valence-electron chi connectivity index (χ4n) is 4.35.